The first-order valence-corrected chi connectivity index (χ1v) is 7.62. The first-order valence-electron chi connectivity index (χ1n) is 7.62. The Kier molecular flexibility index (Phi) is 8.09. The number of ether oxygens (including phenoxy) is 5. The van der Waals surface area contributed by atoms with Crippen molar-refractivity contribution in [1.82, 2.24) is 0 Å². The average molecular weight is 348 g/mol. The summed E-state index contributed by atoms with van der Waals surface area (Å²) in [5.41, 5.74) is 0. The van der Waals surface area contributed by atoms with Gasteiger partial charge in [-0.3, -0.25) is 14.4 Å². The number of aliphatic hydroxyl groups excluding tert-OH is 1. The summed E-state index contributed by atoms with van der Waals surface area (Å²) < 4.78 is 26.6. The molecule has 0 aromatic heterocycles. The number of hydrogen-bond donors (Lipinski definition) is 1. The van der Waals surface area contributed by atoms with Crippen LogP contribution in [-0.4, -0.2) is 67.4 Å². The zero-order valence-electron chi connectivity index (χ0n) is 14.2. The highest BCUT2D eigenvalue weighted by molar-refractivity contribution is 5.67. The Labute approximate surface area is 140 Å². The third kappa shape index (κ3) is 6.06. The molecule has 1 heterocycles. The van der Waals surface area contributed by atoms with E-state index in [9.17, 15) is 14.4 Å². The number of hydrogen-bond acceptors (Lipinski definition) is 9. The molecule has 0 aliphatic carbocycles. The van der Waals surface area contributed by atoms with E-state index < -0.39 is 48.4 Å². The Balaban J connectivity index is 3.01. The first-order chi connectivity index (χ1) is 11.3. The van der Waals surface area contributed by atoms with Crippen LogP contribution in [0.15, 0.2) is 0 Å². The van der Waals surface area contributed by atoms with Gasteiger partial charge in [0.2, 0.25) is 0 Å². The second-order valence-corrected chi connectivity index (χ2v) is 5.45. The summed E-state index contributed by atoms with van der Waals surface area (Å²) in [6.07, 6.45) is -3.49. The van der Waals surface area contributed by atoms with Crippen molar-refractivity contribution in [1.29, 1.82) is 0 Å². The van der Waals surface area contributed by atoms with E-state index in [1.54, 1.807) is 6.92 Å². The van der Waals surface area contributed by atoms with Gasteiger partial charge in [0.1, 0.15) is 18.8 Å². The maximum absolute atomic E-state index is 11.4. The van der Waals surface area contributed by atoms with Gasteiger partial charge in [-0.15, -0.1) is 0 Å². The van der Waals surface area contributed by atoms with E-state index in [-0.39, 0.29) is 19.8 Å². The molecule has 1 rings (SSSR count). The van der Waals surface area contributed by atoms with E-state index in [2.05, 4.69) is 0 Å². The molecule has 1 aliphatic rings. The molecule has 1 N–H and O–H groups in total. The molecule has 5 atom stereocenters. The fraction of sp³-hybridized carbons (Fsp3) is 0.800. The summed E-state index contributed by atoms with van der Waals surface area (Å²) in [5.74, 6) is -2.15. The third-order valence-electron chi connectivity index (χ3n) is 3.38. The Morgan fingerprint density at radius 1 is 1.00 bits per heavy atom. The minimum absolute atomic E-state index is 0.0142. The lowest BCUT2D eigenvalue weighted by Gasteiger charge is -2.43. The van der Waals surface area contributed by atoms with Crippen molar-refractivity contribution in [3.63, 3.8) is 0 Å². The molecule has 138 valence electrons. The molecule has 0 saturated carbocycles. The summed E-state index contributed by atoms with van der Waals surface area (Å²) in [7, 11) is 0. The van der Waals surface area contributed by atoms with Gasteiger partial charge in [0.25, 0.3) is 0 Å². The summed E-state index contributed by atoms with van der Waals surface area (Å²) in [4.78, 5) is 33.9. The SMILES string of the molecule is CC(=O)OC[C@@H]1OC(OCCO)[C@@H](C)[C@H](OC(C)=O)[C@@H]1OC(C)=O. The van der Waals surface area contributed by atoms with Crippen LogP contribution >= 0.6 is 0 Å². The topological polar surface area (TPSA) is 118 Å². The monoisotopic (exact) mass is 348 g/mol. The Morgan fingerprint density at radius 3 is 2.08 bits per heavy atom. The van der Waals surface area contributed by atoms with Crippen LogP contribution in [0.2, 0.25) is 0 Å². The van der Waals surface area contributed by atoms with Gasteiger partial charge in [0, 0.05) is 26.7 Å². The highest BCUT2D eigenvalue weighted by Crippen LogP contribution is 2.31. The van der Waals surface area contributed by atoms with Gasteiger partial charge < -0.3 is 28.8 Å². The molecule has 0 radical (unpaired) electrons. The van der Waals surface area contributed by atoms with Crippen molar-refractivity contribution in [2.24, 2.45) is 5.92 Å². The number of esters is 3. The lowest BCUT2D eigenvalue weighted by atomic mass is 9.92. The molecule has 0 aromatic carbocycles. The summed E-state index contributed by atoms with van der Waals surface area (Å²) in [6.45, 7) is 4.98. The minimum atomic E-state index is -0.949. The Morgan fingerprint density at radius 2 is 1.58 bits per heavy atom. The van der Waals surface area contributed by atoms with Crippen molar-refractivity contribution in [2.45, 2.75) is 52.3 Å². The number of carbonyl (C=O) groups excluding carboxylic acids is 3. The van der Waals surface area contributed by atoms with Crippen molar-refractivity contribution in [3.05, 3.63) is 0 Å². The zero-order chi connectivity index (χ0) is 18.3. The van der Waals surface area contributed by atoms with Crippen LogP contribution in [0.4, 0.5) is 0 Å². The molecule has 9 nitrogen and oxygen atoms in total. The van der Waals surface area contributed by atoms with Crippen molar-refractivity contribution >= 4 is 17.9 Å². The minimum Gasteiger partial charge on any atom is -0.463 e. The van der Waals surface area contributed by atoms with Crippen LogP contribution in [0, 0.1) is 5.92 Å². The molecule has 1 saturated heterocycles. The highest BCUT2D eigenvalue weighted by Gasteiger charge is 2.48. The van der Waals surface area contributed by atoms with E-state index in [0.29, 0.717) is 0 Å². The van der Waals surface area contributed by atoms with Crippen LogP contribution < -0.4 is 0 Å². The maximum Gasteiger partial charge on any atom is 0.303 e. The van der Waals surface area contributed by atoms with Crippen LogP contribution in [0.5, 0.6) is 0 Å². The summed E-state index contributed by atoms with van der Waals surface area (Å²) in [6, 6.07) is 0. The number of rotatable bonds is 7. The molecular weight excluding hydrogens is 324 g/mol. The normalized spacial score (nSPS) is 29.6. The number of aliphatic hydroxyl groups is 1. The molecule has 1 fully saturated rings. The highest BCUT2D eigenvalue weighted by atomic mass is 16.7. The molecule has 0 amide bonds. The van der Waals surface area contributed by atoms with Crippen LogP contribution in [0.3, 0.4) is 0 Å². The maximum atomic E-state index is 11.4. The van der Waals surface area contributed by atoms with E-state index in [0.717, 1.165) is 0 Å². The second-order valence-electron chi connectivity index (χ2n) is 5.45. The van der Waals surface area contributed by atoms with Gasteiger partial charge in [0.15, 0.2) is 12.4 Å². The first kappa shape index (κ1) is 20.3. The van der Waals surface area contributed by atoms with Crippen molar-refractivity contribution < 1.29 is 43.2 Å². The van der Waals surface area contributed by atoms with E-state index in [1.807, 2.05) is 0 Å². The lowest BCUT2D eigenvalue weighted by Crippen LogP contribution is -2.58. The largest absolute Gasteiger partial charge is 0.463 e. The van der Waals surface area contributed by atoms with Crippen LogP contribution in [0.25, 0.3) is 0 Å². The van der Waals surface area contributed by atoms with Gasteiger partial charge in [-0.2, -0.15) is 0 Å². The predicted molar refractivity (Wildman–Crippen MR) is 78.6 cm³/mol. The Bertz CT molecular complexity index is 450. The second kappa shape index (κ2) is 9.55. The molecule has 1 aliphatic heterocycles. The Hall–Kier alpha value is -1.71. The predicted octanol–water partition coefficient (Wildman–Crippen LogP) is -0.217. The standard InChI is InChI=1S/C15H24O9/c1-8-13(22-10(3)18)14(23-11(4)19)12(7-21-9(2)17)24-15(8)20-6-5-16/h8,12-16H,5-7H2,1-4H3/t8-,12-,13-,14+,15?/m0/s1. The van der Waals surface area contributed by atoms with Gasteiger partial charge in [-0.1, -0.05) is 6.92 Å². The van der Waals surface area contributed by atoms with Gasteiger partial charge in [-0.25, -0.2) is 0 Å². The van der Waals surface area contributed by atoms with Gasteiger partial charge >= 0.3 is 17.9 Å². The average Bonchev–Trinajstić information content (AvgIpc) is 2.48. The molecule has 0 aromatic rings. The molecule has 1 unspecified atom stereocenters. The quantitative estimate of drug-likeness (QED) is 0.492. The smallest absolute Gasteiger partial charge is 0.303 e. The van der Waals surface area contributed by atoms with Gasteiger partial charge in [0.05, 0.1) is 13.2 Å². The van der Waals surface area contributed by atoms with Gasteiger partial charge in [-0.05, 0) is 0 Å². The van der Waals surface area contributed by atoms with E-state index in [1.165, 1.54) is 20.8 Å². The van der Waals surface area contributed by atoms with Crippen molar-refractivity contribution in [2.75, 3.05) is 19.8 Å². The fourth-order valence-electron chi connectivity index (χ4n) is 2.43. The van der Waals surface area contributed by atoms with Crippen LogP contribution in [0.1, 0.15) is 27.7 Å². The van der Waals surface area contributed by atoms with Crippen molar-refractivity contribution in [3.8, 4) is 0 Å². The number of carbonyl (C=O) groups is 3. The zero-order valence-corrected chi connectivity index (χ0v) is 14.2. The summed E-state index contributed by atoms with van der Waals surface area (Å²) >= 11 is 0. The third-order valence-corrected chi connectivity index (χ3v) is 3.38. The van der Waals surface area contributed by atoms with Crippen LogP contribution in [-0.2, 0) is 38.1 Å². The van der Waals surface area contributed by atoms with E-state index in [4.69, 9.17) is 28.8 Å². The fourth-order valence-corrected chi connectivity index (χ4v) is 2.43. The molecular formula is C15H24O9. The van der Waals surface area contributed by atoms with E-state index >= 15 is 0 Å². The molecule has 0 bridgehead atoms. The molecule has 9 heteroatoms. The lowest BCUT2D eigenvalue weighted by molar-refractivity contribution is -0.289. The summed E-state index contributed by atoms with van der Waals surface area (Å²) in [5, 5.41) is 8.90. The molecule has 0 spiro atoms. The molecule has 24 heavy (non-hydrogen) atoms.